The fourth-order valence-electron chi connectivity index (χ4n) is 3.24. The molecule has 1 aliphatic rings. The van der Waals surface area contributed by atoms with E-state index in [1.165, 1.54) is 43.8 Å². The summed E-state index contributed by atoms with van der Waals surface area (Å²) in [5.74, 6) is 1.25. The number of nitrogens with zero attached hydrogens (tertiary/aromatic N) is 1. The number of benzene rings is 1. The zero-order valence-corrected chi connectivity index (χ0v) is 14.6. The van der Waals surface area contributed by atoms with Crippen molar-refractivity contribution in [1.29, 1.82) is 0 Å². The van der Waals surface area contributed by atoms with Crippen molar-refractivity contribution in [2.45, 2.75) is 44.9 Å². The van der Waals surface area contributed by atoms with Gasteiger partial charge in [-0.15, -0.1) is 0 Å². The van der Waals surface area contributed by atoms with Crippen molar-refractivity contribution >= 4 is 11.8 Å². The summed E-state index contributed by atoms with van der Waals surface area (Å²) < 4.78 is 0. The predicted octanol–water partition coefficient (Wildman–Crippen LogP) is 3.73. The minimum Gasteiger partial charge on any atom is -0.309 e. The monoisotopic (exact) mass is 306 g/mol. The maximum absolute atomic E-state index is 3.72. The summed E-state index contributed by atoms with van der Waals surface area (Å²) in [6.07, 6.45) is 2.54. The van der Waals surface area contributed by atoms with Crippen LogP contribution in [-0.4, -0.2) is 42.1 Å². The lowest BCUT2D eigenvalue weighted by atomic mass is 9.87. The Morgan fingerprint density at radius 3 is 2.67 bits per heavy atom. The second-order valence-electron chi connectivity index (χ2n) is 5.71. The van der Waals surface area contributed by atoms with E-state index in [9.17, 15) is 0 Å². The molecule has 0 amide bonds. The van der Waals surface area contributed by atoms with Crippen LogP contribution in [0.4, 0.5) is 0 Å². The summed E-state index contributed by atoms with van der Waals surface area (Å²) in [5.41, 5.74) is 3.08. The van der Waals surface area contributed by atoms with Gasteiger partial charge >= 0.3 is 0 Å². The van der Waals surface area contributed by atoms with Gasteiger partial charge in [0.15, 0.2) is 0 Å². The molecule has 0 saturated carbocycles. The van der Waals surface area contributed by atoms with Gasteiger partial charge < -0.3 is 10.2 Å². The van der Waals surface area contributed by atoms with Crippen LogP contribution in [0.3, 0.4) is 0 Å². The molecule has 0 saturated heterocycles. The van der Waals surface area contributed by atoms with Gasteiger partial charge in [-0.1, -0.05) is 45.0 Å². The van der Waals surface area contributed by atoms with Gasteiger partial charge in [0.25, 0.3) is 0 Å². The summed E-state index contributed by atoms with van der Waals surface area (Å²) in [6, 6.07) is 9.51. The maximum Gasteiger partial charge on any atom is 0.0443 e. The van der Waals surface area contributed by atoms with Gasteiger partial charge in [-0.25, -0.2) is 0 Å². The van der Waals surface area contributed by atoms with Crippen LogP contribution in [0.5, 0.6) is 0 Å². The molecule has 0 bridgehead atoms. The van der Waals surface area contributed by atoms with E-state index in [-0.39, 0.29) is 0 Å². The Hall–Kier alpha value is -0.510. The molecule has 0 aliphatic heterocycles. The molecule has 2 unspecified atom stereocenters. The van der Waals surface area contributed by atoms with Crippen molar-refractivity contribution in [3.63, 3.8) is 0 Å². The molecule has 0 radical (unpaired) electrons. The third kappa shape index (κ3) is 4.48. The molecule has 0 heterocycles. The molecule has 2 rings (SSSR count). The third-order valence-electron chi connectivity index (χ3n) is 4.52. The maximum atomic E-state index is 3.72. The van der Waals surface area contributed by atoms with Gasteiger partial charge in [-0.2, -0.15) is 11.8 Å². The highest BCUT2D eigenvalue weighted by Gasteiger charge is 2.28. The number of aryl methyl sites for hydroxylation is 1. The summed E-state index contributed by atoms with van der Waals surface area (Å²) in [4.78, 5) is 2.52. The van der Waals surface area contributed by atoms with Crippen LogP contribution >= 0.6 is 11.8 Å². The van der Waals surface area contributed by atoms with Gasteiger partial charge in [-0.05, 0) is 43.6 Å². The third-order valence-corrected chi connectivity index (χ3v) is 5.87. The van der Waals surface area contributed by atoms with Gasteiger partial charge in [0.05, 0.1) is 0 Å². The summed E-state index contributed by atoms with van der Waals surface area (Å²) in [7, 11) is 0. The molecule has 21 heavy (non-hydrogen) atoms. The van der Waals surface area contributed by atoms with Crippen molar-refractivity contribution in [2.75, 3.05) is 31.9 Å². The quantitative estimate of drug-likeness (QED) is 0.788. The largest absolute Gasteiger partial charge is 0.309 e. The molecule has 3 heteroatoms. The van der Waals surface area contributed by atoms with E-state index in [2.05, 4.69) is 67.0 Å². The SMILES string of the molecule is CCNC1c2ccccc2CCC1SCCN(CC)CC. The van der Waals surface area contributed by atoms with E-state index in [4.69, 9.17) is 0 Å². The van der Waals surface area contributed by atoms with Crippen LogP contribution in [0, 0.1) is 0 Å². The lowest BCUT2D eigenvalue weighted by Crippen LogP contribution is -2.35. The number of hydrogen-bond donors (Lipinski definition) is 1. The first-order valence-electron chi connectivity index (χ1n) is 8.45. The average molecular weight is 307 g/mol. The topological polar surface area (TPSA) is 15.3 Å². The van der Waals surface area contributed by atoms with Crippen molar-refractivity contribution < 1.29 is 0 Å². The van der Waals surface area contributed by atoms with Gasteiger partial charge in [0.2, 0.25) is 0 Å². The van der Waals surface area contributed by atoms with Crippen LogP contribution in [0.15, 0.2) is 24.3 Å². The zero-order valence-electron chi connectivity index (χ0n) is 13.8. The van der Waals surface area contributed by atoms with Crippen molar-refractivity contribution in [3.8, 4) is 0 Å². The molecule has 1 N–H and O–H groups in total. The molecule has 1 aromatic carbocycles. The highest BCUT2D eigenvalue weighted by Crippen LogP contribution is 2.36. The Balaban J connectivity index is 1.96. The van der Waals surface area contributed by atoms with Crippen LogP contribution in [0.2, 0.25) is 0 Å². The van der Waals surface area contributed by atoms with Crippen LogP contribution in [0.25, 0.3) is 0 Å². The Bertz CT molecular complexity index is 417. The summed E-state index contributed by atoms with van der Waals surface area (Å²) in [6.45, 7) is 11.3. The molecule has 1 aromatic rings. The average Bonchev–Trinajstić information content (AvgIpc) is 2.53. The van der Waals surface area contributed by atoms with E-state index in [1.54, 1.807) is 5.56 Å². The van der Waals surface area contributed by atoms with Crippen molar-refractivity contribution in [2.24, 2.45) is 0 Å². The second-order valence-corrected chi connectivity index (χ2v) is 7.06. The normalized spacial score (nSPS) is 21.5. The molecular formula is C18H30N2S. The predicted molar refractivity (Wildman–Crippen MR) is 95.2 cm³/mol. The fourth-order valence-corrected chi connectivity index (χ4v) is 4.63. The van der Waals surface area contributed by atoms with E-state index < -0.39 is 0 Å². The van der Waals surface area contributed by atoms with Gasteiger partial charge in [0, 0.05) is 23.6 Å². The van der Waals surface area contributed by atoms with Crippen molar-refractivity contribution in [3.05, 3.63) is 35.4 Å². The highest BCUT2D eigenvalue weighted by atomic mass is 32.2. The molecule has 118 valence electrons. The lowest BCUT2D eigenvalue weighted by Gasteiger charge is -2.34. The molecule has 0 aromatic heterocycles. The molecule has 2 nitrogen and oxygen atoms in total. The first kappa shape index (κ1) is 16.9. The molecule has 2 atom stereocenters. The number of thioether (sulfide) groups is 1. The minimum atomic E-state index is 0.529. The molecule has 1 aliphatic carbocycles. The standard InChI is InChI=1S/C18H30N2S/c1-4-19-18-16-10-8-7-9-15(16)11-12-17(18)21-14-13-20(5-2)6-3/h7-10,17-19H,4-6,11-14H2,1-3H3. The van der Waals surface area contributed by atoms with E-state index >= 15 is 0 Å². The Kier molecular flexibility index (Phi) is 7.08. The molecule has 0 spiro atoms. The minimum absolute atomic E-state index is 0.529. The smallest absolute Gasteiger partial charge is 0.0443 e. The molecular weight excluding hydrogens is 276 g/mol. The van der Waals surface area contributed by atoms with Crippen LogP contribution < -0.4 is 5.32 Å². The zero-order chi connectivity index (χ0) is 15.1. The van der Waals surface area contributed by atoms with E-state index in [1.807, 2.05) is 0 Å². The number of fused-ring (bicyclic) bond motifs is 1. The Labute approximate surface area is 134 Å². The van der Waals surface area contributed by atoms with Gasteiger partial charge in [-0.3, -0.25) is 0 Å². The molecule has 0 fully saturated rings. The Morgan fingerprint density at radius 2 is 1.95 bits per heavy atom. The Morgan fingerprint density at radius 1 is 1.19 bits per heavy atom. The van der Waals surface area contributed by atoms with Crippen LogP contribution in [0.1, 0.15) is 44.4 Å². The van der Waals surface area contributed by atoms with E-state index in [0.29, 0.717) is 6.04 Å². The van der Waals surface area contributed by atoms with Crippen molar-refractivity contribution in [1.82, 2.24) is 10.2 Å². The number of rotatable bonds is 8. The number of nitrogens with one attached hydrogen (secondary N) is 1. The van der Waals surface area contributed by atoms with Gasteiger partial charge in [0.1, 0.15) is 0 Å². The summed E-state index contributed by atoms with van der Waals surface area (Å²) >= 11 is 2.16. The first-order valence-corrected chi connectivity index (χ1v) is 9.50. The van der Waals surface area contributed by atoms with E-state index in [0.717, 1.165) is 11.8 Å². The second kappa shape index (κ2) is 8.82. The first-order chi connectivity index (χ1) is 10.3. The highest BCUT2D eigenvalue weighted by molar-refractivity contribution is 7.99. The van der Waals surface area contributed by atoms with Crippen LogP contribution in [-0.2, 0) is 6.42 Å². The number of hydrogen-bond acceptors (Lipinski definition) is 3. The summed E-state index contributed by atoms with van der Waals surface area (Å²) in [5, 5.41) is 4.44. The fraction of sp³-hybridized carbons (Fsp3) is 0.667. The lowest BCUT2D eigenvalue weighted by molar-refractivity contribution is 0.323.